The second kappa shape index (κ2) is 9.98. The number of carbonyl (C=O) groups excluding carboxylic acids is 2. The summed E-state index contributed by atoms with van der Waals surface area (Å²) in [6, 6.07) is 15.8. The van der Waals surface area contributed by atoms with Crippen LogP contribution in [0.1, 0.15) is 15.9 Å². The van der Waals surface area contributed by atoms with Crippen molar-refractivity contribution in [1.29, 1.82) is 0 Å². The SMILES string of the molecule is C#CCN(C(=O)c1ccccc1)[C@@](C=C=C)(Cc1ccc(OC)cc1)C(=O)OC. The summed E-state index contributed by atoms with van der Waals surface area (Å²) in [5.74, 6) is 2.12. The van der Waals surface area contributed by atoms with Gasteiger partial charge in [-0.05, 0) is 35.9 Å². The van der Waals surface area contributed by atoms with E-state index in [2.05, 4.69) is 18.2 Å². The van der Waals surface area contributed by atoms with Crippen LogP contribution in [0.4, 0.5) is 0 Å². The Kier molecular flexibility index (Phi) is 7.42. The summed E-state index contributed by atoms with van der Waals surface area (Å²) in [7, 11) is 2.84. The van der Waals surface area contributed by atoms with Crippen molar-refractivity contribution in [3.05, 3.63) is 84.1 Å². The highest BCUT2D eigenvalue weighted by Gasteiger charge is 2.46. The van der Waals surface area contributed by atoms with Gasteiger partial charge in [0.1, 0.15) is 5.75 Å². The quantitative estimate of drug-likeness (QED) is 0.395. The normalized spacial score (nSPS) is 11.9. The van der Waals surface area contributed by atoms with Crippen molar-refractivity contribution in [2.45, 2.75) is 12.0 Å². The van der Waals surface area contributed by atoms with Crippen LogP contribution in [-0.2, 0) is 16.0 Å². The van der Waals surface area contributed by atoms with Gasteiger partial charge in [-0.25, -0.2) is 4.79 Å². The maximum Gasteiger partial charge on any atom is 0.336 e. The zero-order valence-electron chi connectivity index (χ0n) is 16.6. The van der Waals surface area contributed by atoms with Gasteiger partial charge in [0, 0.05) is 12.0 Å². The fourth-order valence-electron chi connectivity index (χ4n) is 3.09. The minimum Gasteiger partial charge on any atom is -0.497 e. The molecular weight excluding hydrogens is 366 g/mol. The van der Waals surface area contributed by atoms with E-state index >= 15 is 0 Å². The van der Waals surface area contributed by atoms with Gasteiger partial charge in [0.15, 0.2) is 5.54 Å². The molecule has 5 heteroatoms. The van der Waals surface area contributed by atoms with E-state index < -0.39 is 17.4 Å². The number of carbonyl (C=O) groups is 2. The van der Waals surface area contributed by atoms with Crippen molar-refractivity contribution in [2.24, 2.45) is 0 Å². The molecule has 0 saturated carbocycles. The number of esters is 1. The minimum atomic E-state index is -1.51. The number of amides is 1. The maximum atomic E-state index is 13.3. The number of hydrogen-bond acceptors (Lipinski definition) is 4. The Morgan fingerprint density at radius 3 is 2.31 bits per heavy atom. The Bertz CT molecular complexity index is 937. The van der Waals surface area contributed by atoms with E-state index in [1.54, 1.807) is 49.6 Å². The number of hydrogen-bond donors (Lipinski definition) is 0. The van der Waals surface area contributed by atoms with Gasteiger partial charge in [-0.2, -0.15) is 0 Å². The molecule has 0 N–H and O–H groups in total. The molecule has 0 aliphatic heterocycles. The smallest absolute Gasteiger partial charge is 0.336 e. The molecule has 0 aromatic heterocycles. The summed E-state index contributed by atoms with van der Waals surface area (Å²) in [5.41, 5.74) is 2.33. The molecule has 0 heterocycles. The highest BCUT2D eigenvalue weighted by molar-refractivity contribution is 5.99. The summed E-state index contributed by atoms with van der Waals surface area (Å²) < 4.78 is 10.3. The van der Waals surface area contributed by atoms with Crippen LogP contribution in [0, 0.1) is 12.3 Å². The van der Waals surface area contributed by atoms with Crippen molar-refractivity contribution in [3.63, 3.8) is 0 Å². The van der Waals surface area contributed by atoms with Crippen molar-refractivity contribution in [1.82, 2.24) is 4.90 Å². The van der Waals surface area contributed by atoms with Crippen molar-refractivity contribution < 1.29 is 19.1 Å². The standard InChI is InChI=1S/C24H23NO4/c1-5-16-24(23(27)29-4,18-19-12-14-21(28-3)15-13-19)25(17-6-2)22(26)20-10-8-7-9-11-20/h2,7-16H,1,17-18H2,3-4H3/t24-/m0/s1. The molecule has 2 rings (SSSR count). The van der Waals surface area contributed by atoms with E-state index in [0.717, 1.165) is 5.56 Å². The van der Waals surface area contributed by atoms with Crippen LogP contribution in [-0.4, -0.2) is 43.1 Å². The molecule has 0 bridgehead atoms. The third-order valence-electron chi connectivity index (χ3n) is 4.51. The largest absolute Gasteiger partial charge is 0.497 e. The lowest BCUT2D eigenvalue weighted by Crippen LogP contribution is -2.58. The molecular formula is C24H23NO4. The van der Waals surface area contributed by atoms with Gasteiger partial charge in [-0.1, -0.05) is 42.8 Å². The zero-order chi connectivity index (χ0) is 21.3. The summed E-state index contributed by atoms with van der Waals surface area (Å²) >= 11 is 0. The summed E-state index contributed by atoms with van der Waals surface area (Å²) in [6.45, 7) is 3.51. The predicted octanol–water partition coefficient (Wildman–Crippen LogP) is 3.27. The first-order valence-corrected chi connectivity index (χ1v) is 8.91. The van der Waals surface area contributed by atoms with Gasteiger partial charge in [0.25, 0.3) is 5.91 Å². The first-order valence-electron chi connectivity index (χ1n) is 8.91. The summed E-state index contributed by atoms with van der Waals surface area (Å²) in [4.78, 5) is 27.6. The second-order valence-electron chi connectivity index (χ2n) is 6.25. The minimum absolute atomic E-state index is 0.100. The van der Waals surface area contributed by atoms with E-state index in [0.29, 0.717) is 11.3 Å². The lowest BCUT2D eigenvalue weighted by atomic mass is 9.87. The molecule has 0 aliphatic carbocycles. The highest BCUT2D eigenvalue weighted by atomic mass is 16.5. The van der Waals surface area contributed by atoms with Gasteiger partial charge >= 0.3 is 5.97 Å². The first-order chi connectivity index (χ1) is 14.0. The fourth-order valence-corrected chi connectivity index (χ4v) is 3.09. The Hall–Kier alpha value is -3.74. The van der Waals surface area contributed by atoms with Crippen molar-refractivity contribution in [2.75, 3.05) is 20.8 Å². The number of methoxy groups -OCH3 is 2. The molecule has 0 aliphatic rings. The lowest BCUT2D eigenvalue weighted by Gasteiger charge is -2.38. The van der Waals surface area contributed by atoms with Crippen LogP contribution in [0.25, 0.3) is 0 Å². The van der Waals surface area contributed by atoms with Crippen LogP contribution in [0.3, 0.4) is 0 Å². The molecule has 2 aromatic carbocycles. The number of nitrogens with zero attached hydrogens (tertiary/aromatic N) is 1. The number of benzene rings is 2. The predicted molar refractivity (Wildman–Crippen MR) is 111 cm³/mol. The monoisotopic (exact) mass is 389 g/mol. The van der Waals surface area contributed by atoms with Crippen LogP contribution in [0.5, 0.6) is 5.75 Å². The number of ether oxygens (including phenoxy) is 2. The van der Waals surface area contributed by atoms with Crippen LogP contribution in [0.2, 0.25) is 0 Å². The summed E-state index contributed by atoms with van der Waals surface area (Å²) in [6.07, 6.45) is 7.11. The Morgan fingerprint density at radius 2 is 1.79 bits per heavy atom. The highest BCUT2D eigenvalue weighted by Crippen LogP contribution is 2.28. The van der Waals surface area contributed by atoms with Gasteiger partial charge in [-0.3, -0.25) is 4.79 Å². The molecule has 0 saturated heterocycles. The topological polar surface area (TPSA) is 55.8 Å². The Balaban J connectivity index is 2.61. The van der Waals surface area contributed by atoms with E-state index in [9.17, 15) is 9.59 Å². The van der Waals surface area contributed by atoms with Crippen molar-refractivity contribution >= 4 is 11.9 Å². The van der Waals surface area contributed by atoms with Gasteiger partial charge in [0.05, 0.1) is 20.8 Å². The number of rotatable bonds is 8. The van der Waals surface area contributed by atoms with E-state index in [1.165, 1.54) is 18.1 Å². The molecule has 1 amide bonds. The zero-order valence-corrected chi connectivity index (χ0v) is 16.6. The lowest BCUT2D eigenvalue weighted by molar-refractivity contribution is -0.150. The van der Waals surface area contributed by atoms with Gasteiger partial charge in [0.2, 0.25) is 0 Å². The Labute approximate surface area is 171 Å². The number of terminal acetylenes is 1. The molecule has 0 radical (unpaired) electrons. The third-order valence-corrected chi connectivity index (χ3v) is 4.51. The molecule has 2 aromatic rings. The second-order valence-corrected chi connectivity index (χ2v) is 6.25. The average Bonchev–Trinajstić information content (AvgIpc) is 2.77. The first kappa shape index (κ1) is 21.6. The fraction of sp³-hybridized carbons (Fsp3) is 0.208. The molecule has 0 spiro atoms. The van der Waals surface area contributed by atoms with Gasteiger partial charge in [-0.15, -0.1) is 12.2 Å². The molecule has 1 atom stereocenters. The molecule has 0 unspecified atom stereocenters. The van der Waals surface area contributed by atoms with Crippen LogP contribution in [0.15, 0.2) is 73.0 Å². The molecule has 5 nitrogen and oxygen atoms in total. The van der Waals surface area contributed by atoms with Gasteiger partial charge < -0.3 is 14.4 Å². The van der Waals surface area contributed by atoms with E-state index in [1.807, 2.05) is 12.1 Å². The van der Waals surface area contributed by atoms with Crippen LogP contribution < -0.4 is 4.74 Å². The van der Waals surface area contributed by atoms with E-state index in [4.69, 9.17) is 15.9 Å². The molecule has 148 valence electrons. The molecule has 0 fully saturated rings. The van der Waals surface area contributed by atoms with Crippen molar-refractivity contribution in [3.8, 4) is 18.1 Å². The summed E-state index contributed by atoms with van der Waals surface area (Å²) in [5, 5.41) is 0. The average molecular weight is 389 g/mol. The maximum absolute atomic E-state index is 13.3. The third kappa shape index (κ3) is 4.76. The van der Waals surface area contributed by atoms with E-state index in [-0.39, 0.29) is 13.0 Å². The Morgan fingerprint density at radius 1 is 1.14 bits per heavy atom. The molecule has 29 heavy (non-hydrogen) atoms. The van der Waals surface area contributed by atoms with Crippen LogP contribution >= 0.6 is 0 Å².